The van der Waals surface area contributed by atoms with Gasteiger partial charge >= 0.3 is 0 Å². The lowest BCUT2D eigenvalue weighted by atomic mass is 10.1. The van der Waals surface area contributed by atoms with Crippen molar-refractivity contribution in [3.8, 4) is 0 Å². The van der Waals surface area contributed by atoms with Crippen molar-refractivity contribution < 1.29 is 14.0 Å². The van der Waals surface area contributed by atoms with Crippen LogP contribution in [0, 0.1) is 6.92 Å². The quantitative estimate of drug-likeness (QED) is 0.666. The zero-order valence-electron chi connectivity index (χ0n) is 16.1. The summed E-state index contributed by atoms with van der Waals surface area (Å²) in [5, 5.41) is 8.61. The van der Waals surface area contributed by atoms with Crippen molar-refractivity contribution in [2.45, 2.75) is 44.7 Å². The fourth-order valence-corrected chi connectivity index (χ4v) is 4.14. The van der Waals surface area contributed by atoms with E-state index in [4.69, 9.17) is 4.42 Å². The average molecular weight is 410 g/mol. The van der Waals surface area contributed by atoms with Crippen molar-refractivity contribution >= 4 is 29.0 Å². The summed E-state index contributed by atoms with van der Waals surface area (Å²) < 4.78 is 9.40. The van der Waals surface area contributed by atoms with E-state index in [9.17, 15) is 9.59 Å². The van der Waals surface area contributed by atoms with Crippen LogP contribution in [0.1, 0.15) is 53.5 Å². The van der Waals surface area contributed by atoms with E-state index < -0.39 is 11.9 Å². The average Bonchev–Trinajstić information content (AvgIpc) is 3.49. The summed E-state index contributed by atoms with van der Waals surface area (Å²) in [5.41, 5.74) is 1.78. The molecule has 1 saturated carbocycles. The first-order valence-electron chi connectivity index (χ1n) is 9.64. The van der Waals surface area contributed by atoms with Crippen molar-refractivity contribution in [3.63, 3.8) is 0 Å². The molecule has 1 aliphatic carbocycles. The molecule has 2 aromatic heterocycles. The third kappa shape index (κ3) is 4.22. The number of anilines is 1. The standard InChI is InChI=1S/C21H22N4O3S/c1-14-6-4-9-16(12-14)25(21(27)17-13-29-24-23-17)19(18-10-5-11-28-18)20(26)22-15-7-2-3-8-15/h4-6,9-13,15,19H,2-3,7-8H2,1H3,(H,22,26). The van der Waals surface area contributed by atoms with Gasteiger partial charge in [-0.05, 0) is 61.1 Å². The van der Waals surface area contributed by atoms with Crippen LogP contribution in [-0.2, 0) is 4.79 Å². The van der Waals surface area contributed by atoms with Crippen molar-refractivity contribution in [2.24, 2.45) is 0 Å². The molecule has 2 amide bonds. The third-order valence-electron chi connectivity index (χ3n) is 5.10. The van der Waals surface area contributed by atoms with Crippen LogP contribution in [0.4, 0.5) is 5.69 Å². The Morgan fingerprint density at radius 3 is 2.72 bits per heavy atom. The van der Waals surface area contributed by atoms with Crippen LogP contribution in [0.15, 0.2) is 52.5 Å². The van der Waals surface area contributed by atoms with Crippen LogP contribution in [-0.4, -0.2) is 27.4 Å². The van der Waals surface area contributed by atoms with Gasteiger partial charge in [-0.25, -0.2) is 0 Å². The molecule has 8 heteroatoms. The Morgan fingerprint density at radius 2 is 2.07 bits per heavy atom. The highest BCUT2D eigenvalue weighted by Gasteiger charge is 2.37. The largest absolute Gasteiger partial charge is 0.467 e. The smallest absolute Gasteiger partial charge is 0.280 e. The first-order chi connectivity index (χ1) is 14.1. The Balaban J connectivity index is 1.77. The van der Waals surface area contributed by atoms with Gasteiger partial charge in [0.1, 0.15) is 5.76 Å². The lowest BCUT2D eigenvalue weighted by molar-refractivity contribution is -0.123. The minimum absolute atomic E-state index is 0.121. The number of amides is 2. The Hall–Kier alpha value is -3.00. The summed E-state index contributed by atoms with van der Waals surface area (Å²) in [5.74, 6) is -0.254. The Labute approximate surface area is 172 Å². The van der Waals surface area contributed by atoms with Crippen molar-refractivity contribution in [2.75, 3.05) is 4.90 Å². The van der Waals surface area contributed by atoms with Gasteiger partial charge in [0.15, 0.2) is 11.7 Å². The highest BCUT2D eigenvalue weighted by atomic mass is 32.1. The van der Waals surface area contributed by atoms with Crippen LogP contribution < -0.4 is 10.2 Å². The van der Waals surface area contributed by atoms with Crippen molar-refractivity contribution in [3.05, 3.63) is 65.1 Å². The number of nitrogens with one attached hydrogen (secondary N) is 1. The summed E-state index contributed by atoms with van der Waals surface area (Å²) in [6, 6.07) is 10.1. The van der Waals surface area contributed by atoms with E-state index in [0.29, 0.717) is 11.4 Å². The highest BCUT2D eigenvalue weighted by molar-refractivity contribution is 7.03. The van der Waals surface area contributed by atoms with Gasteiger partial charge in [-0.15, -0.1) is 5.10 Å². The van der Waals surface area contributed by atoms with Gasteiger partial charge in [0, 0.05) is 17.1 Å². The zero-order valence-corrected chi connectivity index (χ0v) is 16.9. The van der Waals surface area contributed by atoms with Gasteiger partial charge in [-0.2, -0.15) is 0 Å². The summed E-state index contributed by atoms with van der Waals surface area (Å²) >= 11 is 1.09. The van der Waals surface area contributed by atoms with E-state index in [1.807, 2.05) is 31.2 Å². The number of hydrogen-bond acceptors (Lipinski definition) is 6. The van der Waals surface area contributed by atoms with E-state index in [0.717, 1.165) is 42.8 Å². The monoisotopic (exact) mass is 410 g/mol. The minimum atomic E-state index is -0.943. The summed E-state index contributed by atoms with van der Waals surface area (Å²) in [4.78, 5) is 28.2. The number of carbonyl (C=O) groups excluding carboxylic acids is 2. The zero-order chi connectivity index (χ0) is 20.2. The lowest BCUT2D eigenvalue weighted by Crippen LogP contribution is -2.46. The lowest BCUT2D eigenvalue weighted by Gasteiger charge is -2.30. The number of aryl methyl sites for hydroxylation is 1. The predicted octanol–water partition coefficient (Wildman–Crippen LogP) is 3.89. The van der Waals surface area contributed by atoms with Crippen LogP contribution in [0.3, 0.4) is 0 Å². The molecule has 1 aromatic carbocycles. The Morgan fingerprint density at radius 1 is 1.24 bits per heavy atom. The number of rotatable bonds is 6. The summed E-state index contributed by atoms with van der Waals surface area (Å²) in [7, 11) is 0. The van der Waals surface area contributed by atoms with Crippen LogP contribution in [0.2, 0.25) is 0 Å². The Bertz CT molecular complexity index is 966. The molecule has 0 aliphatic heterocycles. The molecule has 3 aromatic rings. The van der Waals surface area contributed by atoms with Gasteiger partial charge < -0.3 is 9.73 Å². The summed E-state index contributed by atoms with van der Waals surface area (Å²) in [6.45, 7) is 1.94. The molecule has 150 valence electrons. The first kappa shape index (κ1) is 19.3. The molecule has 4 rings (SSSR count). The van der Waals surface area contributed by atoms with Crippen LogP contribution in [0.5, 0.6) is 0 Å². The number of aromatic nitrogens is 2. The number of carbonyl (C=O) groups is 2. The highest BCUT2D eigenvalue weighted by Crippen LogP contribution is 2.31. The van der Waals surface area contributed by atoms with Gasteiger partial charge in [0.05, 0.1) is 6.26 Å². The normalized spacial score (nSPS) is 15.2. The molecule has 1 N–H and O–H groups in total. The van der Waals surface area contributed by atoms with Gasteiger partial charge in [-0.3, -0.25) is 14.5 Å². The number of furan rings is 1. The molecule has 0 radical (unpaired) electrons. The molecule has 1 fully saturated rings. The maximum atomic E-state index is 13.4. The number of nitrogens with zero attached hydrogens (tertiary/aromatic N) is 3. The molecule has 0 bridgehead atoms. The molecule has 1 unspecified atom stereocenters. The molecule has 1 aliphatic rings. The predicted molar refractivity (Wildman–Crippen MR) is 110 cm³/mol. The second-order valence-corrected chi connectivity index (χ2v) is 7.82. The fraction of sp³-hybridized carbons (Fsp3) is 0.333. The Kier molecular flexibility index (Phi) is 5.71. The summed E-state index contributed by atoms with van der Waals surface area (Å²) in [6.07, 6.45) is 5.60. The molecule has 2 heterocycles. The van der Waals surface area contributed by atoms with Crippen LogP contribution in [0.25, 0.3) is 0 Å². The number of hydrogen-bond donors (Lipinski definition) is 1. The second-order valence-electron chi connectivity index (χ2n) is 7.21. The molecule has 1 atom stereocenters. The topological polar surface area (TPSA) is 88.3 Å². The van der Waals surface area contributed by atoms with Gasteiger partial charge in [0.2, 0.25) is 0 Å². The maximum absolute atomic E-state index is 13.4. The van der Waals surface area contributed by atoms with Crippen molar-refractivity contribution in [1.29, 1.82) is 0 Å². The molecule has 0 saturated heterocycles. The molecule has 7 nitrogen and oxygen atoms in total. The fourth-order valence-electron chi connectivity index (χ4n) is 3.71. The molecular formula is C21H22N4O3S. The van der Waals surface area contributed by atoms with E-state index in [1.165, 1.54) is 11.2 Å². The van der Waals surface area contributed by atoms with Gasteiger partial charge in [-0.1, -0.05) is 29.5 Å². The first-order valence-corrected chi connectivity index (χ1v) is 10.5. The van der Waals surface area contributed by atoms with E-state index >= 15 is 0 Å². The van der Waals surface area contributed by atoms with Crippen LogP contribution >= 0.6 is 11.5 Å². The molecular weight excluding hydrogens is 388 g/mol. The maximum Gasteiger partial charge on any atom is 0.280 e. The second kappa shape index (κ2) is 8.57. The molecule has 0 spiro atoms. The minimum Gasteiger partial charge on any atom is -0.467 e. The third-order valence-corrected chi connectivity index (χ3v) is 5.60. The SMILES string of the molecule is Cc1cccc(N(C(=O)c2csnn2)C(C(=O)NC2CCCC2)c2ccco2)c1. The number of benzene rings is 1. The van der Waals surface area contributed by atoms with E-state index in [2.05, 4.69) is 14.9 Å². The van der Waals surface area contributed by atoms with E-state index in [1.54, 1.807) is 17.5 Å². The van der Waals surface area contributed by atoms with Gasteiger partial charge in [0.25, 0.3) is 11.8 Å². The van der Waals surface area contributed by atoms with E-state index in [-0.39, 0.29) is 17.6 Å². The molecule has 29 heavy (non-hydrogen) atoms. The van der Waals surface area contributed by atoms with Crippen molar-refractivity contribution in [1.82, 2.24) is 14.9 Å².